The number of nitrogens with one attached hydrogen (secondary N) is 1. The molecule has 5 amide bonds. The van der Waals surface area contributed by atoms with Gasteiger partial charge in [-0.05, 0) is 46.0 Å². The van der Waals surface area contributed by atoms with Crippen LogP contribution in [0.3, 0.4) is 0 Å². The molecule has 1 N–H and O–H groups in total. The van der Waals surface area contributed by atoms with Gasteiger partial charge in [-0.2, -0.15) is 5.10 Å². The molecule has 0 radical (unpaired) electrons. The van der Waals surface area contributed by atoms with Crippen molar-refractivity contribution in [2.45, 2.75) is 46.0 Å². The second-order valence-corrected chi connectivity index (χ2v) is 7.21. The van der Waals surface area contributed by atoms with Crippen LogP contribution in [0.15, 0.2) is 11.6 Å². The van der Waals surface area contributed by atoms with Gasteiger partial charge >= 0.3 is 17.8 Å². The molecule has 0 unspecified atom stereocenters. The molecule has 3 rings (SSSR count). The zero-order valence-corrected chi connectivity index (χ0v) is 16.4. The lowest BCUT2D eigenvalue weighted by molar-refractivity contribution is -0.143. The number of hydrogen-bond donors (Lipinski definition) is 1. The second-order valence-electron chi connectivity index (χ2n) is 7.21. The van der Waals surface area contributed by atoms with Crippen molar-refractivity contribution in [3.05, 3.63) is 23.0 Å². The van der Waals surface area contributed by atoms with E-state index in [1.807, 2.05) is 0 Å². The number of aryl methyl sites for hydroxylation is 2. The van der Waals surface area contributed by atoms with Crippen molar-refractivity contribution in [2.24, 2.45) is 7.05 Å². The van der Waals surface area contributed by atoms with Crippen molar-refractivity contribution in [3.63, 3.8) is 0 Å². The molecule has 1 aromatic heterocycles. The van der Waals surface area contributed by atoms with Crippen molar-refractivity contribution < 1.29 is 19.2 Å². The Kier molecular flexibility index (Phi) is 5.62. The minimum atomic E-state index is -0.961. The van der Waals surface area contributed by atoms with Crippen LogP contribution in [0.2, 0.25) is 0 Å². The Morgan fingerprint density at radius 3 is 2.46 bits per heavy atom. The molecule has 28 heavy (non-hydrogen) atoms. The number of anilines is 1. The summed E-state index contributed by atoms with van der Waals surface area (Å²) in [7, 11) is 1.75. The van der Waals surface area contributed by atoms with Crippen LogP contribution < -0.4 is 5.32 Å². The monoisotopic (exact) mass is 387 g/mol. The first-order chi connectivity index (χ1) is 13.3. The van der Waals surface area contributed by atoms with Gasteiger partial charge in [0.15, 0.2) is 0 Å². The van der Waals surface area contributed by atoms with Crippen LogP contribution in [0, 0.1) is 13.8 Å². The zero-order valence-electron chi connectivity index (χ0n) is 16.4. The Bertz CT molecular complexity index is 870. The molecular weight excluding hydrogens is 362 g/mol. The first-order valence-electron chi connectivity index (χ1n) is 9.45. The van der Waals surface area contributed by atoms with E-state index >= 15 is 0 Å². The number of aromatic nitrogens is 2. The predicted molar refractivity (Wildman–Crippen MR) is 101 cm³/mol. The normalized spacial score (nSPS) is 17.4. The molecule has 0 atom stereocenters. The van der Waals surface area contributed by atoms with Crippen molar-refractivity contribution in [1.29, 1.82) is 0 Å². The van der Waals surface area contributed by atoms with Gasteiger partial charge in [-0.3, -0.25) is 24.0 Å². The first kappa shape index (κ1) is 19.8. The number of urea groups is 1. The van der Waals surface area contributed by atoms with Crippen molar-refractivity contribution in [1.82, 2.24) is 19.6 Å². The number of carbonyl (C=O) groups excluding carboxylic acids is 4. The molecule has 9 nitrogen and oxygen atoms in total. The van der Waals surface area contributed by atoms with Crippen molar-refractivity contribution in [2.75, 3.05) is 18.4 Å². The summed E-state index contributed by atoms with van der Waals surface area (Å²) >= 11 is 0. The molecule has 0 aromatic carbocycles. The number of allylic oxidation sites excluding steroid dienone is 1. The van der Waals surface area contributed by atoms with Crippen LogP contribution in [-0.2, 0) is 21.4 Å². The molecule has 1 saturated heterocycles. The molecule has 0 saturated carbocycles. The lowest BCUT2D eigenvalue weighted by Gasteiger charge is -2.17. The molecule has 1 aliphatic heterocycles. The molecule has 150 valence electrons. The average molecular weight is 387 g/mol. The van der Waals surface area contributed by atoms with E-state index in [-0.39, 0.29) is 6.54 Å². The molecule has 0 spiro atoms. The van der Waals surface area contributed by atoms with Gasteiger partial charge in [0.1, 0.15) is 6.54 Å². The third kappa shape index (κ3) is 3.83. The summed E-state index contributed by atoms with van der Waals surface area (Å²) in [5, 5.41) is 6.88. The third-order valence-electron chi connectivity index (χ3n) is 5.25. The molecule has 1 aliphatic carbocycles. The van der Waals surface area contributed by atoms with Crippen molar-refractivity contribution >= 4 is 29.4 Å². The molecule has 2 heterocycles. The number of imide groups is 2. The maximum atomic E-state index is 12.5. The van der Waals surface area contributed by atoms with E-state index in [1.165, 1.54) is 5.57 Å². The highest BCUT2D eigenvalue weighted by atomic mass is 16.2. The standard InChI is InChI=1S/C19H25N5O4/c1-12-16(13(2)22(3)21-12)20-15(25)11-24-18(27)17(26)23(19(24)28)10-9-14-7-5-4-6-8-14/h7H,4-6,8-11H2,1-3H3,(H,20,25). The van der Waals surface area contributed by atoms with E-state index in [9.17, 15) is 19.2 Å². The molecule has 9 heteroatoms. The Hall–Kier alpha value is -2.97. The van der Waals surface area contributed by atoms with Crippen LogP contribution in [0.4, 0.5) is 10.5 Å². The number of nitrogens with zero attached hydrogens (tertiary/aromatic N) is 4. The maximum absolute atomic E-state index is 12.5. The van der Waals surface area contributed by atoms with Crippen LogP contribution in [0.25, 0.3) is 0 Å². The van der Waals surface area contributed by atoms with Gasteiger partial charge in [0.2, 0.25) is 5.91 Å². The quantitative estimate of drug-likeness (QED) is 0.454. The fraction of sp³-hybridized carbons (Fsp3) is 0.526. The van der Waals surface area contributed by atoms with E-state index < -0.39 is 30.3 Å². The van der Waals surface area contributed by atoms with Gasteiger partial charge in [0, 0.05) is 13.6 Å². The molecule has 0 bridgehead atoms. The third-order valence-corrected chi connectivity index (χ3v) is 5.25. The highest BCUT2D eigenvalue weighted by Crippen LogP contribution is 2.22. The summed E-state index contributed by atoms with van der Waals surface area (Å²) in [6.45, 7) is 3.21. The van der Waals surface area contributed by atoms with Gasteiger partial charge in [0.05, 0.1) is 17.1 Å². The van der Waals surface area contributed by atoms with Gasteiger partial charge in [-0.1, -0.05) is 11.6 Å². The Labute approximate surface area is 163 Å². The van der Waals surface area contributed by atoms with Gasteiger partial charge < -0.3 is 5.32 Å². The minimum absolute atomic E-state index is 0.161. The lowest BCUT2D eigenvalue weighted by atomic mass is 9.97. The van der Waals surface area contributed by atoms with Crippen LogP contribution >= 0.6 is 0 Å². The number of amides is 5. The van der Waals surface area contributed by atoms with Crippen LogP contribution in [0.1, 0.15) is 43.5 Å². The number of rotatable bonds is 6. The SMILES string of the molecule is Cc1nn(C)c(C)c1NC(=O)CN1C(=O)C(=O)N(CCC2=CCCCC2)C1=O. The Balaban J connectivity index is 1.62. The minimum Gasteiger partial charge on any atom is -0.321 e. The van der Waals surface area contributed by atoms with E-state index in [1.54, 1.807) is 25.6 Å². The van der Waals surface area contributed by atoms with Gasteiger partial charge in [-0.25, -0.2) is 9.69 Å². The summed E-state index contributed by atoms with van der Waals surface area (Å²) in [4.78, 5) is 50.9. The molecule has 1 aromatic rings. The van der Waals surface area contributed by atoms with E-state index in [0.29, 0.717) is 22.7 Å². The first-order valence-corrected chi connectivity index (χ1v) is 9.45. The molecule has 2 aliphatic rings. The summed E-state index contributed by atoms with van der Waals surface area (Å²) in [6.07, 6.45) is 6.93. The topological polar surface area (TPSA) is 105 Å². The zero-order chi connectivity index (χ0) is 20.4. The van der Waals surface area contributed by atoms with Gasteiger partial charge in [0.25, 0.3) is 0 Å². The highest BCUT2D eigenvalue weighted by Gasteiger charge is 2.45. The smallest absolute Gasteiger partial charge is 0.321 e. The Morgan fingerprint density at radius 1 is 1.14 bits per heavy atom. The Morgan fingerprint density at radius 2 is 1.86 bits per heavy atom. The van der Waals surface area contributed by atoms with Crippen molar-refractivity contribution in [3.8, 4) is 0 Å². The summed E-state index contributed by atoms with van der Waals surface area (Å²) in [5.74, 6) is -2.38. The summed E-state index contributed by atoms with van der Waals surface area (Å²) < 4.78 is 1.63. The number of carbonyl (C=O) groups is 4. The largest absolute Gasteiger partial charge is 0.334 e. The predicted octanol–water partition coefficient (Wildman–Crippen LogP) is 1.66. The molecular formula is C19H25N5O4. The fourth-order valence-corrected chi connectivity index (χ4v) is 3.55. The van der Waals surface area contributed by atoms with Crippen LogP contribution in [-0.4, -0.2) is 56.4 Å². The van der Waals surface area contributed by atoms with E-state index in [0.717, 1.165) is 36.3 Å². The summed E-state index contributed by atoms with van der Waals surface area (Å²) in [6, 6.07) is -0.735. The number of hydrogen-bond acceptors (Lipinski definition) is 5. The average Bonchev–Trinajstić information content (AvgIpc) is 3.02. The fourth-order valence-electron chi connectivity index (χ4n) is 3.55. The maximum Gasteiger partial charge on any atom is 0.334 e. The van der Waals surface area contributed by atoms with Gasteiger partial charge in [-0.15, -0.1) is 0 Å². The lowest BCUT2D eigenvalue weighted by Crippen LogP contribution is -2.39. The summed E-state index contributed by atoms with van der Waals surface area (Å²) in [5.41, 5.74) is 3.13. The van der Waals surface area contributed by atoms with E-state index in [4.69, 9.17) is 0 Å². The second kappa shape index (κ2) is 7.95. The van der Waals surface area contributed by atoms with Crippen LogP contribution in [0.5, 0.6) is 0 Å². The molecule has 1 fully saturated rings. The highest BCUT2D eigenvalue weighted by molar-refractivity contribution is 6.45. The van der Waals surface area contributed by atoms with E-state index in [2.05, 4.69) is 16.5 Å².